The van der Waals surface area contributed by atoms with Crippen molar-refractivity contribution in [2.24, 2.45) is 0 Å². The first-order chi connectivity index (χ1) is 13.0. The Kier molecular flexibility index (Phi) is 6.46. The minimum Gasteiger partial charge on any atom is -0.368 e. The van der Waals surface area contributed by atoms with Crippen LogP contribution >= 0.6 is 0 Å². The summed E-state index contributed by atoms with van der Waals surface area (Å²) in [5.74, 6) is 0.0207. The Morgan fingerprint density at radius 1 is 1.19 bits per heavy atom. The van der Waals surface area contributed by atoms with Crippen molar-refractivity contribution in [2.75, 3.05) is 58.7 Å². The van der Waals surface area contributed by atoms with Crippen LogP contribution in [0.1, 0.15) is 18.4 Å². The molecule has 2 heterocycles. The van der Waals surface area contributed by atoms with E-state index in [1.807, 2.05) is 29.2 Å². The number of piperidine rings is 1. The molecule has 3 rings (SSSR count). The summed E-state index contributed by atoms with van der Waals surface area (Å²) in [4.78, 5) is 29.5. The third-order valence-electron chi connectivity index (χ3n) is 5.61. The first-order valence-corrected chi connectivity index (χ1v) is 9.65. The van der Waals surface area contributed by atoms with E-state index in [4.69, 9.17) is 4.74 Å². The van der Waals surface area contributed by atoms with E-state index in [1.165, 1.54) is 0 Å². The van der Waals surface area contributed by atoms with E-state index in [2.05, 4.69) is 22.6 Å². The maximum Gasteiger partial charge on any atom is 0.256 e. The van der Waals surface area contributed by atoms with Crippen molar-refractivity contribution >= 4 is 17.5 Å². The van der Waals surface area contributed by atoms with Crippen molar-refractivity contribution in [3.05, 3.63) is 29.8 Å². The molecule has 2 N–H and O–H groups in total. The number of rotatable bonds is 5. The second-order valence-corrected chi connectivity index (χ2v) is 7.46. The largest absolute Gasteiger partial charge is 0.368 e. The van der Waals surface area contributed by atoms with Gasteiger partial charge in [-0.3, -0.25) is 9.59 Å². The van der Waals surface area contributed by atoms with Crippen LogP contribution in [-0.2, 0) is 20.7 Å². The molecule has 0 aliphatic carbocycles. The van der Waals surface area contributed by atoms with Crippen molar-refractivity contribution in [1.82, 2.24) is 15.1 Å². The molecule has 7 heteroatoms. The van der Waals surface area contributed by atoms with Crippen LogP contribution in [0.3, 0.4) is 0 Å². The van der Waals surface area contributed by atoms with E-state index in [0.29, 0.717) is 24.9 Å². The summed E-state index contributed by atoms with van der Waals surface area (Å²) in [6.45, 7) is 4.90. The summed E-state index contributed by atoms with van der Waals surface area (Å²) < 4.78 is 5.58. The molecular formula is C20H30N4O3. The first kappa shape index (κ1) is 19.8. The van der Waals surface area contributed by atoms with Crippen LogP contribution in [-0.4, -0.2) is 80.6 Å². The topological polar surface area (TPSA) is 73.9 Å². The quantitative estimate of drug-likeness (QED) is 0.794. The third-order valence-corrected chi connectivity index (χ3v) is 5.61. The molecule has 0 aromatic heterocycles. The minimum absolute atomic E-state index is 0.117. The van der Waals surface area contributed by atoms with E-state index >= 15 is 0 Å². The molecule has 2 aliphatic heterocycles. The molecule has 0 unspecified atom stereocenters. The molecule has 2 fully saturated rings. The van der Waals surface area contributed by atoms with Gasteiger partial charge in [-0.25, -0.2) is 0 Å². The van der Waals surface area contributed by atoms with Gasteiger partial charge in [-0.05, 0) is 50.7 Å². The summed E-state index contributed by atoms with van der Waals surface area (Å²) >= 11 is 0. The van der Waals surface area contributed by atoms with Crippen LogP contribution in [0, 0.1) is 0 Å². The number of likely N-dealkylation sites (N-methyl/N-ethyl adjacent to an activating group) is 1. The number of carbonyl (C=O) groups is 2. The summed E-state index contributed by atoms with van der Waals surface area (Å²) in [5, 5.41) is 6.23. The fourth-order valence-electron chi connectivity index (χ4n) is 3.70. The van der Waals surface area contributed by atoms with Crippen LogP contribution in [0.15, 0.2) is 24.3 Å². The highest BCUT2D eigenvalue weighted by Crippen LogP contribution is 2.25. The number of ether oxygens (including phenoxy) is 1. The summed E-state index contributed by atoms with van der Waals surface area (Å²) in [6, 6.07) is 7.55. The normalized spacial score (nSPS) is 20.3. The number of hydrogen-bond donors (Lipinski definition) is 2. The third kappa shape index (κ3) is 4.86. The number of hydrogen-bond acceptors (Lipinski definition) is 5. The fraction of sp³-hybridized carbons (Fsp3) is 0.600. The zero-order chi connectivity index (χ0) is 19.3. The Labute approximate surface area is 161 Å². The lowest BCUT2D eigenvalue weighted by atomic mass is 9.91. The molecule has 2 saturated heterocycles. The molecule has 7 nitrogen and oxygen atoms in total. The molecular weight excluding hydrogens is 344 g/mol. The Morgan fingerprint density at radius 3 is 2.56 bits per heavy atom. The molecule has 1 aromatic carbocycles. The van der Waals surface area contributed by atoms with Gasteiger partial charge in [-0.1, -0.05) is 12.1 Å². The molecule has 0 spiro atoms. The summed E-state index contributed by atoms with van der Waals surface area (Å²) in [7, 11) is 3.67. The Hall–Kier alpha value is -1.96. The van der Waals surface area contributed by atoms with Gasteiger partial charge < -0.3 is 25.2 Å². The SMILES string of the molecule is COC1(C(=O)Nc2cccc(CC(=O)N3CCN(C)CC3)c2)CCNCC1. The number of amides is 2. The predicted octanol–water partition coefficient (Wildman–Crippen LogP) is 0.710. The van der Waals surface area contributed by atoms with Gasteiger partial charge in [0.15, 0.2) is 0 Å². The Bertz CT molecular complexity index is 665. The Balaban J connectivity index is 1.61. The van der Waals surface area contributed by atoms with Gasteiger partial charge in [0.05, 0.1) is 6.42 Å². The highest BCUT2D eigenvalue weighted by atomic mass is 16.5. The highest BCUT2D eigenvalue weighted by Gasteiger charge is 2.39. The van der Waals surface area contributed by atoms with E-state index < -0.39 is 5.60 Å². The van der Waals surface area contributed by atoms with Crippen molar-refractivity contribution in [1.29, 1.82) is 0 Å². The van der Waals surface area contributed by atoms with E-state index in [0.717, 1.165) is 44.8 Å². The van der Waals surface area contributed by atoms with E-state index in [-0.39, 0.29) is 11.8 Å². The molecule has 148 valence electrons. The molecule has 0 saturated carbocycles. The van der Waals surface area contributed by atoms with Gasteiger partial charge >= 0.3 is 0 Å². The summed E-state index contributed by atoms with van der Waals surface area (Å²) in [5.41, 5.74) is 0.837. The number of nitrogens with one attached hydrogen (secondary N) is 2. The number of carbonyl (C=O) groups excluding carboxylic acids is 2. The minimum atomic E-state index is -0.781. The smallest absolute Gasteiger partial charge is 0.256 e. The van der Waals surface area contributed by atoms with Gasteiger partial charge in [-0.15, -0.1) is 0 Å². The zero-order valence-corrected chi connectivity index (χ0v) is 16.3. The monoisotopic (exact) mass is 374 g/mol. The number of anilines is 1. The van der Waals surface area contributed by atoms with Gasteiger partial charge in [0.2, 0.25) is 5.91 Å². The second kappa shape index (κ2) is 8.82. The van der Waals surface area contributed by atoms with E-state index in [9.17, 15) is 9.59 Å². The van der Waals surface area contributed by atoms with Crippen LogP contribution < -0.4 is 10.6 Å². The predicted molar refractivity (Wildman–Crippen MR) is 105 cm³/mol. The van der Waals surface area contributed by atoms with Crippen molar-refractivity contribution in [3.63, 3.8) is 0 Å². The maximum absolute atomic E-state index is 12.8. The maximum atomic E-state index is 12.8. The van der Waals surface area contributed by atoms with E-state index in [1.54, 1.807) is 7.11 Å². The van der Waals surface area contributed by atoms with Crippen molar-refractivity contribution in [2.45, 2.75) is 24.9 Å². The van der Waals surface area contributed by atoms with Crippen LogP contribution in [0.4, 0.5) is 5.69 Å². The standard InChI is InChI=1S/C20H30N4O3/c1-23-10-12-24(13-11-23)18(25)15-16-4-3-5-17(14-16)22-19(26)20(27-2)6-8-21-9-7-20/h3-5,14,21H,6-13,15H2,1-2H3,(H,22,26). The van der Waals surface area contributed by atoms with Gasteiger partial charge in [0.25, 0.3) is 5.91 Å². The number of benzene rings is 1. The lowest BCUT2D eigenvalue weighted by Gasteiger charge is -2.34. The molecule has 1 aromatic rings. The number of nitrogens with zero attached hydrogens (tertiary/aromatic N) is 2. The van der Waals surface area contributed by atoms with Crippen LogP contribution in [0.2, 0.25) is 0 Å². The molecule has 0 radical (unpaired) electrons. The zero-order valence-electron chi connectivity index (χ0n) is 16.3. The molecule has 0 bridgehead atoms. The lowest BCUT2D eigenvalue weighted by molar-refractivity contribution is -0.140. The van der Waals surface area contributed by atoms with Crippen LogP contribution in [0.5, 0.6) is 0 Å². The number of methoxy groups -OCH3 is 1. The number of piperazine rings is 1. The lowest BCUT2D eigenvalue weighted by Crippen LogP contribution is -2.51. The average molecular weight is 374 g/mol. The molecule has 2 aliphatic rings. The van der Waals surface area contributed by atoms with Gasteiger partial charge in [0.1, 0.15) is 5.60 Å². The fourth-order valence-corrected chi connectivity index (χ4v) is 3.70. The van der Waals surface area contributed by atoms with Gasteiger partial charge in [0, 0.05) is 39.0 Å². The van der Waals surface area contributed by atoms with Gasteiger partial charge in [-0.2, -0.15) is 0 Å². The van der Waals surface area contributed by atoms with Crippen LogP contribution in [0.25, 0.3) is 0 Å². The average Bonchev–Trinajstić information content (AvgIpc) is 2.69. The Morgan fingerprint density at radius 2 is 1.89 bits per heavy atom. The first-order valence-electron chi connectivity index (χ1n) is 9.65. The molecule has 2 amide bonds. The summed E-state index contributed by atoms with van der Waals surface area (Å²) in [6.07, 6.45) is 1.65. The second-order valence-electron chi connectivity index (χ2n) is 7.46. The van der Waals surface area contributed by atoms with Crippen molar-refractivity contribution < 1.29 is 14.3 Å². The molecule has 27 heavy (non-hydrogen) atoms. The molecule has 0 atom stereocenters. The van der Waals surface area contributed by atoms with Crippen molar-refractivity contribution in [3.8, 4) is 0 Å². The highest BCUT2D eigenvalue weighted by molar-refractivity contribution is 5.97.